The fourth-order valence-corrected chi connectivity index (χ4v) is 2.85. The van der Waals surface area contributed by atoms with Gasteiger partial charge in [0.1, 0.15) is 0 Å². The van der Waals surface area contributed by atoms with Crippen molar-refractivity contribution in [1.82, 2.24) is 5.32 Å². The summed E-state index contributed by atoms with van der Waals surface area (Å²) in [5.41, 5.74) is 0.728. The fraction of sp³-hybridized carbons (Fsp3) is 0.500. The van der Waals surface area contributed by atoms with Crippen LogP contribution in [0.2, 0.25) is 0 Å². The Balaban J connectivity index is 2.02. The van der Waals surface area contributed by atoms with Crippen LogP contribution in [0.3, 0.4) is 0 Å². The van der Waals surface area contributed by atoms with Gasteiger partial charge in [-0.1, -0.05) is 35.8 Å². The molecular formula is C14H18BrNO. The minimum absolute atomic E-state index is 0.0391. The van der Waals surface area contributed by atoms with Crippen molar-refractivity contribution in [3.63, 3.8) is 0 Å². The molecule has 1 amide bonds. The molecule has 1 aromatic carbocycles. The summed E-state index contributed by atoms with van der Waals surface area (Å²) in [6.45, 7) is 4.49. The van der Waals surface area contributed by atoms with E-state index in [1.54, 1.807) is 0 Å². The van der Waals surface area contributed by atoms with Crippen molar-refractivity contribution in [2.24, 2.45) is 11.8 Å². The fourth-order valence-electron chi connectivity index (χ4n) is 2.45. The topological polar surface area (TPSA) is 29.1 Å². The molecule has 1 fully saturated rings. The summed E-state index contributed by atoms with van der Waals surface area (Å²) in [6.07, 6.45) is 2.31. The van der Waals surface area contributed by atoms with Crippen molar-refractivity contribution >= 4 is 21.8 Å². The lowest BCUT2D eigenvalue weighted by molar-refractivity contribution is 0.0927. The van der Waals surface area contributed by atoms with Crippen molar-refractivity contribution in [2.75, 3.05) is 0 Å². The summed E-state index contributed by atoms with van der Waals surface area (Å²) in [7, 11) is 0. The number of rotatable bonds is 2. The Kier molecular flexibility index (Phi) is 3.87. The van der Waals surface area contributed by atoms with Crippen molar-refractivity contribution in [3.05, 3.63) is 34.3 Å². The van der Waals surface area contributed by atoms with Crippen LogP contribution in [0.5, 0.6) is 0 Å². The predicted molar refractivity (Wildman–Crippen MR) is 73.0 cm³/mol. The summed E-state index contributed by atoms with van der Waals surface area (Å²) < 4.78 is 0.943. The summed E-state index contributed by atoms with van der Waals surface area (Å²) in [5.74, 6) is 1.33. The summed E-state index contributed by atoms with van der Waals surface area (Å²) >= 11 is 3.38. The molecule has 3 atom stereocenters. The first-order valence-electron chi connectivity index (χ1n) is 6.14. The standard InChI is InChI=1S/C14H18BrNO/c1-9-6-7-13(10(9)2)16-14(17)11-4-3-5-12(15)8-11/h3-5,8-10,13H,6-7H2,1-2H3,(H,16,17). The van der Waals surface area contributed by atoms with Gasteiger partial charge in [-0.2, -0.15) is 0 Å². The van der Waals surface area contributed by atoms with Gasteiger partial charge in [0.15, 0.2) is 0 Å². The lowest BCUT2D eigenvalue weighted by Crippen LogP contribution is -2.37. The van der Waals surface area contributed by atoms with Crippen LogP contribution < -0.4 is 5.32 Å². The van der Waals surface area contributed by atoms with Crippen molar-refractivity contribution in [1.29, 1.82) is 0 Å². The van der Waals surface area contributed by atoms with Crippen LogP contribution in [-0.2, 0) is 0 Å². The summed E-state index contributed by atoms with van der Waals surface area (Å²) in [5, 5.41) is 3.14. The molecule has 1 aliphatic rings. The van der Waals surface area contributed by atoms with Crippen LogP contribution in [0, 0.1) is 11.8 Å². The molecule has 3 unspecified atom stereocenters. The SMILES string of the molecule is CC1CCC(NC(=O)c2cccc(Br)c2)C1C. The molecule has 1 aliphatic carbocycles. The van der Waals surface area contributed by atoms with Crippen molar-refractivity contribution in [2.45, 2.75) is 32.7 Å². The Morgan fingerprint density at radius 2 is 2.12 bits per heavy atom. The Bertz CT molecular complexity index is 418. The van der Waals surface area contributed by atoms with Gasteiger partial charge in [-0.25, -0.2) is 0 Å². The zero-order valence-electron chi connectivity index (χ0n) is 10.2. The lowest BCUT2D eigenvalue weighted by atomic mass is 9.97. The maximum Gasteiger partial charge on any atom is 0.251 e. The van der Waals surface area contributed by atoms with E-state index in [9.17, 15) is 4.79 Å². The molecule has 92 valence electrons. The van der Waals surface area contributed by atoms with Gasteiger partial charge in [-0.3, -0.25) is 4.79 Å². The van der Waals surface area contributed by atoms with E-state index < -0.39 is 0 Å². The number of carbonyl (C=O) groups excluding carboxylic acids is 1. The number of nitrogens with one attached hydrogen (secondary N) is 1. The molecular weight excluding hydrogens is 278 g/mol. The average Bonchev–Trinajstić information content (AvgIpc) is 2.61. The van der Waals surface area contributed by atoms with Crippen LogP contribution in [0.15, 0.2) is 28.7 Å². The molecule has 1 aromatic rings. The molecule has 2 nitrogen and oxygen atoms in total. The molecule has 0 bridgehead atoms. The smallest absolute Gasteiger partial charge is 0.251 e. The Morgan fingerprint density at radius 1 is 1.35 bits per heavy atom. The quantitative estimate of drug-likeness (QED) is 0.887. The van der Waals surface area contributed by atoms with E-state index in [-0.39, 0.29) is 5.91 Å². The molecule has 1 saturated carbocycles. The molecule has 2 rings (SSSR count). The third kappa shape index (κ3) is 2.89. The monoisotopic (exact) mass is 295 g/mol. The molecule has 0 aliphatic heterocycles. The number of hydrogen-bond acceptors (Lipinski definition) is 1. The van der Waals surface area contributed by atoms with E-state index in [2.05, 4.69) is 35.1 Å². The second-order valence-electron chi connectivity index (χ2n) is 5.00. The van der Waals surface area contributed by atoms with E-state index in [1.807, 2.05) is 24.3 Å². The van der Waals surface area contributed by atoms with Crippen molar-refractivity contribution < 1.29 is 4.79 Å². The van der Waals surface area contributed by atoms with Gasteiger partial charge in [0, 0.05) is 16.1 Å². The second-order valence-corrected chi connectivity index (χ2v) is 5.92. The highest BCUT2D eigenvalue weighted by Crippen LogP contribution is 2.31. The maximum absolute atomic E-state index is 12.1. The third-order valence-electron chi connectivity index (χ3n) is 3.87. The van der Waals surface area contributed by atoms with E-state index in [0.29, 0.717) is 17.9 Å². The zero-order valence-corrected chi connectivity index (χ0v) is 11.8. The lowest BCUT2D eigenvalue weighted by Gasteiger charge is -2.19. The third-order valence-corrected chi connectivity index (χ3v) is 4.36. The first-order chi connectivity index (χ1) is 8.08. The van der Waals surface area contributed by atoms with E-state index in [4.69, 9.17) is 0 Å². The zero-order chi connectivity index (χ0) is 12.4. The molecule has 0 spiro atoms. The van der Waals surface area contributed by atoms with Crippen LogP contribution in [0.25, 0.3) is 0 Å². The molecule has 3 heteroatoms. The average molecular weight is 296 g/mol. The predicted octanol–water partition coefficient (Wildman–Crippen LogP) is 3.61. The van der Waals surface area contributed by atoms with Crippen LogP contribution in [0.1, 0.15) is 37.0 Å². The highest BCUT2D eigenvalue weighted by Gasteiger charge is 2.30. The minimum Gasteiger partial charge on any atom is -0.349 e. The Labute approximate surface area is 111 Å². The van der Waals surface area contributed by atoms with Gasteiger partial charge < -0.3 is 5.32 Å². The first kappa shape index (κ1) is 12.6. The number of benzene rings is 1. The summed E-state index contributed by atoms with van der Waals surface area (Å²) in [6, 6.07) is 7.86. The Morgan fingerprint density at radius 3 is 2.71 bits per heavy atom. The molecule has 0 radical (unpaired) electrons. The molecule has 0 heterocycles. The number of hydrogen-bond donors (Lipinski definition) is 1. The maximum atomic E-state index is 12.1. The molecule has 0 aromatic heterocycles. The first-order valence-corrected chi connectivity index (χ1v) is 6.93. The largest absolute Gasteiger partial charge is 0.349 e. The van der Waals surface area contributed by atoms with Gasteiger partial charge in [-0.05, 0) is 42.9 Å². The number of carbonyl (C=O) groups is 1. The number of halogens is 1. The van der Waals surface area contributed by atoms with Gasteiger partial charge in [-0.15, -0.1) is 0 Å². The van der Waals surface area contributed by atoms with Crippen molar-refractivity contribution in [3.8, 4) is 0 Å². The molecule has 1 N–H and O–H groups in total. The summed E-state index contributed by atoms with van der Waals surface area (Å²) in [4.78, 5) is 12.1. The number of amides is 1. The van der Waals surface area contributed by atoms with E-state index >= 15 is 0 Å². The Hall–Kier alpha value is -0.830. The van der Waals surface area contributed by atoms with E-state index in [1.165, 1.54) is 6.42 Å². The van der Waals surface area contributed by atoms with Crippen LogP contribution in [-0.4, -0.2) is 11.9 Å². The van der Waals surface area contributed by atoms with Gasteiger partial charge >= 0.3 is 0 Å². The second kappa shape index (κ2) is 5.21. The van der Waals surface area contributed by atoms with E-state index in [0.717, 1.165) is 16.5 Å². The highest BCUT2D eigenvalue weighted by molar-refractivity contribution is 9.10. The van der Waals surface area contributed by atoms with Crippen LogP contribution >= 0.6 is 15.9 Å². The molecule has 17 heavy (non-hydrogen) atoms. The van der Waals surface area contributed by atoms with Gasteiger partial charge in [0.2, 0.25) is 0 Å². The van der Waals surface area contributed by atoms with Gasteiger partial charge in [0.05, 0.1) is 0 Å². The highest BCUT2D eigenvalue weighted by atomic mass is 79.9. The normalized spacial score (nSPS) is 28.1. The van der Waals surface area contributed by atoms with Crippen LogP contribution in [0.4, 0.5) is 0 Å². The minimum atomic E-state index is 0.0391. The molecule has 0 saturated heterocycles. The van der Waals surface area contributed by atoms with Gasteiger partial charge in [0.25, 0.3) is 5.91 Å².